The number of piperidine rings is 1. The minimum atomic E-state index is -0.230. The van der Waals surface area contributed by atoms with Crippen molar-refractivity contribution < 1.29 is 9.59 Å². The summed E-state index contributed by atoms with van der Waals surface area (Å²) in [5, 5.41) is 4.03. The number of hydrogen-bond donors (Lipinski definition) is 0. The zero-order valence-corrected chi connectivity index (χ0v) is 15.9. The summed E-state index contributed by atoms with van der Waals surface area (Å²) < 4.78 is 0. The fraction of sp³-hybridized carbons (Fsp3) is 0.474. The van der Waals surface area contributed by atoms with Crippen molar-refractivity contribution in [3.63, 3.8) is 0 Å². The van der Waals surface area contributed by atoms with Crippen LogP contribution in [0, 0.1) is 0 Å². The third-order valence-electron chi connectivity index (χ3n) is 4.48. The van der Waals surface area contributed by atoms with Gasteiger partial charge in [-0.2, -0.15) is 11.3 Å². The lowest BCUT2D eigenvalue weighted by molar-refractivity contribution is 0.0683. The van der Waals surface area contributed by atoms with Crippen LogP contribution in [0.3, 0.4) is 0 Å². The minimum absolute atomic E-state index is 0.159. The van der Waals surface area contributed by atoms with Crippen LogP contribution in [0.1, 0.15) is 59.1 Å². The summed E-state index contributed by atoms with van der Waals surface area (Å²) in [7, 11) is 0. The van der Waals surface area contributed by atoms with Gasteiger partial charge in [0.1, 0.15) is 0 Å². The highest BCUT2D eigenvalue weighted by Crippen LogP contribution is 2.17. The number of hydrogen-bond acceptors (Lipinski definition) is 5. The Bertz CT molecular complexity index is 742. The number of rotatable bonds is 6. The van der Waals surface area contributed by atoms with E-state index in [-0.39, 0.29) is 23.2 Å². The average Bonchev–Trinajstić information content (AvgIpc) is 3.20. The lowest BCUT2D eigenvalue weighted by Gasteiger charge is -2.27. The van der Waals surface area contributed by atoms with Gasteiger partial charge in [-0.05, 0) is 48.1 Å². The van der Waals surface area contributed by atoms with E-state index in [2.05, 4.69) is 9.97 Å². The molecule has 0 saturated carbocycles. The second kappa shape index (κ2) is 8.89. The number of aromatic nitrogens is 2. The lowest BCUT2D eigenvalue weighted by atomic mass is 10.1. The molecular formula is C19H24N4O2S. The second-order valence-electron chi connectivity index (χ2n) is 6.46. The Morgan fingerprint density at radius 3 is 2.54 bits per heavy atom. The van der Waals surface area contributed by atoms with Crippen molar-refractivity contribution in [2.45, 2.75) is 39.2 Å². The van der Waals surface area contributed by atoms with Gasteiger partial charge in [0.2, 0.25) is 0 Å². The fourth-order valence-corrected chi connectivity index (χ4v) is 3.83. The molecule has 6 nitrogen and oxygen atoms in total. The molecule has 1 fully saturated rings. The first-order valence-electron chi connectivity index (χ1n) is 9.11. The summed E-state index contributed by atoms with van der Waals surface area (Å²) in [6.07, 6.45) is 6.93. The lowest BCUT2D eigenvalue weighted by Crippen LogP contribution is -2.39. The topological polar surface area (TPSA) is 66.4 Å². The number of nitrogens with zero attached hydrogens (tertiary/aromatic N) is 4. The molecule has 0 spiro atoms. The molecule has 0 atom stereocenters. The number of thiophene rings is 1. The molecule has 0 aromatic carbocycles. The monoisotopic (exact) mass is 372 g/mol. The first kappa shape index (κ1) is 18.5. The van der Waals surface area contributed by atoms with E-state index in [0.29, 0.717) is 13.1 Å². The van der Waals surface area contributed by atoms with Crippen molar-refractivity contribution in [2.75, 3.05) is 19.6 Å². The van der Waals surface area contributed by atoms with Crippen LogP contribution >= 0.6 is 11.3 Å². The molecule has 0 bridgehead atoms. The smallest absolute Gasteiger partial charge is 0.275 e. The van der Waals surface area contributed by atoms with Crippen molar-refractivity contribution in [1.82, 2.24) is 19.8 Å². The van der Waals surface area contributed by atoms with Crippen molar-refractivity contribution in [3.05, 3.63) is 46.2 Å². The molecule has 1 aliphatic rings. The number of likely N-dealkylation sites (tertiary alicyclic amines) is 1. The van der Waals surface area contributed by atoms with E-state index in [9.17, 15) is 9.59 Å². The van der Waals surface area contributed by atoms with Crippen LogP contribution in [-0.2, 0) is 6.54 Å². The van der Waals surface area contributed by atoms with Gasteiger partial charge in [0.05, 0.1) is 0 Å². The van der Waals surface area contributed by atoms with Gasteiger partial charge in [-0.1, -0.05) is 6.92 Å². The van der Waals surface area contributed by atoms with Gasteiger partial charge in [0, 0.05) is 38.6 Å². The standard InChI is InChI=1S/C19H24N4O2S/c1-2-9-23(13-15-6-12-26-14-15)19(25)17-16(20-7-8-21-17)18(24)22-10-4-3-5-11-22/h6-8,12,14H,2-5,9-11,13H2,1H3. The van der Waals surface area contributed by atoms with Gasteiger partial charge in [-0.15, -0.1) is 0 Å². The van der Waals surface area contributed by atoms with E-state index in [4.69, 9.17) is 0 Å². The highest BCUT2D eigenvalue weighted by Gasteiger charge is 2.28. The maximum absolute atomic E-state index is 13.1. The van der Waals surface area contributed by atoms with Crippen LogP contribution in [0.2, 0.25) is 0 Å². The summed E-state index contributed by atoms with van der Waals surface area (Å²) in [6.45, 7) is 4.60. The molecule has 2 aromatic rings. The van der Waals surface area contributed by atoms with Crippen LogP contribution in [0.15, 0.2) is 29.2 Å². The molecule has 0 unspecified atom stereocenters. The van der Waals surface area contributed by atoms with Crippen LogP contribution in [0.25, 0.3) is 0 Å². The molecule has 2 amide bonds. The minimum Gasteiger partial charge on any atom is -0.337 e. The van der Waals surface area contributed by atoms with E-state index in [0.717, 1.165) is 44.3 Å². The molecule has 3 rings (SSSR count). The summed E-state index contributed by atoms with van der Waals surface area (Å²) >= 11 is 1.61. The van der Waals surface area contributed by atoms with Crippen molar-refractivity contribution in [3.8, 4) is 0 Å². The largest absolute Gasteiger partial charge is 0.337 e. The third kappa shape index (κ3) is 4.27. The maximum Gasteiger partial charge on any atom is 0.275 e. The molecule has 0 N–H and O–H groups in total. The normalized spacial score (nSPS) is 14.3. The predicted octanol–water partition coefficient (Wildman–Crippen LogP) is 3.22. The fourth-order valence-electron chi connectivity index (χ4n) is 3.17. The van der Waals surface area contributed by atoms with Crippen LogP contribution in [-0.4, -0.2) is 51.2 Å². The van der Waals surface area contributed by atoms with Crippen LogP contribution in [0.5, 0.6) is 0 Å². The van der Waals surface area contributed by atoms with Crippen molar-refractivity contribution >= 4 is 23.2 Å². The zero-order chi connectivity index (χ0) is 18.4. The first-order valence-corrected chi connectivity index (χ1v) is 10.1. The third-order valence-corrected chi connectivity index (χ3v) is 5.21. The highest BCUT2D eigenvalue weighted by atomic mass is 32.1. The zero-order valence-electron chi connectivity index (χ0n) is 15.1. The number of carbonyl (C=O) groups excluding carboxylic acids is 2. The predicted molar refractivity (Wildman–Crippen MR) is 101 cm³/mol. The molecule has 3 heterocycles. The molecule has 1 saturated heterocycles. The van der Waals surface area contributed by atoms with Gasteiger partial charge in [-0.25, -0.2) is 9.97 Å². The summed E-state index contributed by atoms with van der Waals surface area (Å²) in [5.74, 6) is -0.417. The SMILES string of the molecule is CCCN(Cc1ccsc1)C(=O)c1nccnc1C(=O)N1CCCCC1. The summed E-state index contributed by atoms with van der Waals surface area (Å²) in [6, 6.07) is 2.01. The van der Waals surface area contributed by atoms with Gasteiger partial charge in [0.25, 0.3) is 11.8 Å². The number of carbonyl (C=O) groups is 2. The Balaban J connectivity index is 1.84. The Hall–Kier alpha value is -2.28. The van der Waals surface area contributed by atoms with Crippen LogP contribution < -0.4 is 0 Å². The van der Waals surface area contributed by atoms with Gasteiger partial charge in [-0.3, -0.25) is 9.59 Å². The Morgan fingerprint density at radius 2 is 1.88 bits per heavy atom. The summed E-state index contributed by atoms with van der Waals surface area (Å²) in [4.78, 5) is 38.0. The summed E-state index contributed by atoms with van der Waals surface area (Å²) in [5.41, 5.74) is 1.42. The molecule has 2 aromatic heterocycles. The second-order valence-corrected chi connectivity index (χ2v) is 7.24. The Morgan fingerprint density at radius 1 is 1.15 bits per heavy atom. The Labute approximate surface area is 157 Å². The van der Waals surface area contributed by atoms with Crippen molar-refractivity contribution in [2.24, 2.45) is 0 Å². The molecule has 1 aliphatic heterocycles. The molecule has 26 heavy (non-hydrogen) atoms. The molecule has 138 valence electrons. The highest BCUT2D eigenvalue weighted by molar-refractivity contribution is 7.07. The molecule has 0 aliphatic carbocycles. The van der Waals surface area contributed by atoms with E-state index >= 15 is 0 Å². The van der Waals surface area contributed by atoms with Gasteiger partial charge < -0.3 is 9.80 Å². The number of amides is 2. The van der Waals surface area contributed by atoms with Gasteiger partial charge in [0.15, 0.2) is 11.4 Å². The van der Waals surface area contributed by atoms with E-state index in [1.165, 1.54) is 12.4 Å². The van der Waals surface area contributed by atoms with Gasteiger partial charge >= 0.3 is 0 Å². The Kier molecular flexibility index (Phi) is 6.33. The molecule has 7 heteroatoms. The molecule has 0 radical (unpaired) electrons. The van der Waals surface area contributed by atoms with E-state index < -0.39 is 0 Å². The van der Waals surface area contributed by atoms with Crippen molar-refractivity contribution in [1.29, 1.82) is 0 Å². The van der Waals surface area contributed by atoms with E-state index in [1.807, 2.05) is 23.8 Å². The van der Waals surface area contributed by atoms with E-state index in [1.54, 1.807) is 21.1 Å². The quantitative estimate of drug-likeness (QED) is 0.781. The maximum atomic E-state index is 13.1. The molecular weight excluding hydrogens is 348 g/mol. The van der Waals surface area contributed by atoms with Crippen LogP contribution in [0.4, 0.5) is 0 Å². The average molecular weight is 372 g/mol. The first-order chi connectivity index (χ1) is 12.7.